The first-order chi connectivity index (χ1) is 8.56. The van der Waals surface area contributed by atoms with Crippen molar-refractivity contribution in [2.75, 3.05) is 0 Å². The molecule has 1 aliphatic heterocycles. The number of hydrogen-bond acceptors (Lipinski definition) is 3. The van der Waals surface area contributed by atoms with Crippen LogP contribution in [0, 0.1) is 5.92 Å². The van der Waals surface area contributed by atoms with Crippen molar-refractivity contribution in [3.8, 4) is 0 Å². The summed E-state index contributed by atoms with van der Waals surface area (Å²) in [4.78, 5) is 0.387. The molecule has 1 aromatic carbocycles. The quantitative estimate of drug-likeness (QED) is 0.865. The summed E-state index contributed by atoms with van der Waals surface area (Å²) in [7, 11) is -3.36. The summed E-state index contributed by atoms with van der Waals surface area (Å²) >= 11 is 0. The molecule has 1 unspecified atom stereocenters. The van der Waals surface area contributed by atoms with Gasteiger partial charge in [-0.25, -0.2) is 13.1 Å². The van der Waals surface area contributed by atoms with Crippen LogP contribution in [-0.4, -0.2) is 14.5 Å². The molecule has 1 aromatic rings. The maximum Gasteiger partial charge on any atom is 0.240 e. The molecular weight excluding hydrogens is 248 g/mol. The molecule has 1 atom stereocenters. The van der Waals surface area contributed by atoms with Crippen molar-refractivity contribution in [3.05, 3.63) is 29.3 Å². The molecule has 2 aliphatic rings. The molecule has 3 rings (SSSR count). The molecule has 1 saturated carbocycles. The van der Waals surface area contributed by atoms with Crippen molar-refractivity contribution < 1.29 is 8.42 Å². The van der Waals surface area contributed by atoms with Crippen LogP contribution in [0.25, 0.3) is 0 Å². The SMILES string of the molecule is CC(NS(=O)(=O)c1ccc2c(c1)CNC2)C1CC1. The fourth-order valence-electron chi connectivity index (χ4n) is 2.44. The third-order valence-electron chi connectivity index (χ3n) is 3.79. The Morgan fingerprint density at radius 2 is 2.00 bits per heavy atom. The van der Waals surface area contributed by atoms with Crippen LogP contribution in [0.4, 0.5) is 0 Å². The molecule has 0 amide bonds. The van der Waals surface area contributed by atoms with Gasteiger partial charge in [-0.05, 0) is 48.9 Å². The van der Waals surface area contributed by atoms with Crippen molar-refractivity contribution in [3.63, 3.8) is 0 Å². The number of nitrogens with one attached hydrogen (secondary N) is 2. The van der Waals surface area contributed by atoms with Crippen molar-refractivity contribution in [1.82, 2.24) is 10.0 Å². The lowest BCUT2D eigenvalue weighted by Gasteiger charge is -2.13. The Hall–Kier alpha value is -0.910. The predicted molar refractivity (Wildman–Crippen MR) is 69.5 cm³/mol. The molecule has 98 valence electrons. The standard InChI is InChI=1S/C13H18N2O2S/c1-9(10-2-3-10)15-18(16,17)13-5-4-11-7-14-8-12(11)6-13/h4-6,9-10,14-15H,2-3,7-8H2,1H3. The van der Waals surface area contributed by atoms with Gasteiger partial charge >= 0.3 is 0 Å². The van der Waals surface area contributed by atoms with Crippen LogP contribution in [-0.2, 0) is 23.1 Å². The summed E-state index contributed by atoms with van der Waals surface area (Å²) < 4.78 is 27.3. The number of rotatable bonds is 4. The molecule has 1 heterocycles. The van der Waals surface area contributed by atoms with Crippen molar-refractivity contribution >= 4 is 10.0 Å². The van der Waals surface area contributed by atoms with E-state index in [2.05, 4.69) is 10.0 Å². The highest BCUT2D eigenvalue weighted by atomic mass is 32.2. The second-order valence-electron chi connectivity index (χ2n) is 5.28. The summed E-state index contributed by atoms with van der Waals surface area (Å²) in [5.74, 6) is 0.524. The second-order valence-corrected chi connectivity index (χ2v) is 7.00. The summed E-state index contributed by atoms with van der Waals surface area (Å²) in [6, 6.07) is 5.44. The van der Waals surface area contributed by atoms with Gasteiger partial charge in [-0.15, -0.1) is 0 Å². The number of fused-ring (bicyclic) bond motifs is 1. The van der Waals surface area contributed by atoms with E-state index in [4.69, 9.17) is 0 Å². The first kappa shape index (κ1) is 12.1. The molecule has 0 aromatic heterocycles. The van der Waals surface area contributed by atoms with Gasteiger partial charge in [0.1, 0.15) is 0 Å². The maximum absolute atomic E-state index is 12.2. The van der Waals surface area contributed by atoms with Gasteiger partial charge in [0.2, 0.25) is 10.0 Å². The molecule has 0 radical (unpaired) electrons. The van der Waals surface area contributed by atoms with E-state index in [1.54, 1.807) is 12.1 Å². The third-order valence-corrected chi connectivity index (χ3v) is 5.35. The topological polar surface area (TPSA) is 58.2 Å². The molecule has 5 heteroatoms. The normalized spacial score (nSPS) is 20.7. The Labute approximate surface area is 108 Å². The van der Waals surface area contributed by atoms with E-state index in [9.17, 15) is 8.42 Å². The van der Waals surface area contributed by atoms with Crippen LogP contribution in [0.2, 0.25) is 0 Å². The summed E-state index contributed by atoms with van der Waals surface area (Å²) in [6.45, 7) is 3.54. The summed E-state index contributed by atoms with van der Waals surface area (Å²) in [5.41, 5.74) is 2.29. The van der Waals surface area contributed by atoms with E-state index < -0.39 is 10.0 Å². The van der Waals surface area contributed by atoms with Gasteiger partial charge in [0.15, 0.2) is 0 Å². The fraction of sp³-hybridized carbons (Fsp3) is 0.538. The van der Waals surface area contributed by atoms with E-state index in [1.165, 1.54) is 5.56 Å². The van der Waals surface area contributed by atoms with Gasteiger partial charge in [0.05, 0.1) is 4.90 Å². The van der Waals surface area contributed by atoms with E-state index in [-0.39, 0.29) is 6.04 Å². The predicted octanol–water partition coefficient (Wildman–Crippen LogP) is 1.37. The Kier molecular flexibility index (Phi) is 2.92. The van der Waals surface area contributed by atoms with Gasteiger partial charge in [0, 0.05) is 19.1 Å². The van der Waals surface area contributed by atoms with Gasteiger partial charge in [-0.1, -0.05) is 6.07 Å². The van der Waals surface area contributed by atoms with Crippen LogP contribution < -0.4 is 10.0 Å². The van der Waals surface area contributed by atoms with Gasteiger partial charge in [-0.3, -0.25) is 0 Å². The fourth-order valence-corrected chi connectivity index (χ4v) is 3.81. The zero-order valence-electron chi connectivity index (χ0n) is 10.4. The Bertz CT molecular complexity index is 564. The molecule has 0 bridgehead atoms. The van der Waals surface area contributed by atoms with Gasteiger partial charge in [0.25, 0.3) is 0 Å². The number of hydrogen-bond donors (Lipinski definition) is 2. The molecule has 1 aliphatic carbocycles. The van der Waals surface area contributed by atoms with E-state index in [0.29, 0.717) is 10.8 Å². The smallest absolute Gasteiger partial charge is 0.240 e. The van der Waals surface area contributed by atoms with Gasteiger partial charge in [-0.2, -0.15) is 0 Å². The first-order valence-electron chi connectivity index (χ1n) is 6.41. The lowest BCUT2D eigenvalue weighted by molar-refractivity contribution is 0.538. The summed E-state index contributed by atoms with van der Waals surface area (Å²) in [6.07, 6.45) is 2.27. The van der Waals surface area contributed by atoms with E-state index in [1.807, 2.05) is 13.0 Å². The van der Waals surface area contributed by atoms with E-state index >= 15 is 0 Å². The minimum atomic E-state index is -3.36. The second kappa shape index (κ2) is 4.33. The molecule has 4 nitrogen and oxygen atoms in total. The Morgan fingerprint density at radius 3 is 2.72 bits per heavy atom. The molecule has 1 fully saturated rings. The van der Waals surface area contributed by atoms with E-state index in [0.717, 1.165) is 31.5 Å². The zero-order valence-corrected chi connectivity index (χ0v) is 11.3. The first-order valence-corrected chi connectivity index (χ1v) is 7.89. The third kappa shape index (κ3) is 2.30. The van der Waals surface area contributed by atoms with Crippen LogP contribution in [0.3, 0.4) is 0 Å². The minimum Gasteiger partial charge on any atom is -0.309 e. The highest BCUT2D eigenvalue weighted by molar-refractivity contribution is 7.89. The number of sulfonamides is 1. The van der Waals surface area contributed by atoms with Gasteiger partial charge < -0.3 is 5.32 Å². The Balaban J connectivity index is 1.84. The maximum atomic E-state index is 12.2. The highest BCUT2D eigenvalue weighted by Gasteiger charge is 2.31. The number of benzene rings is 1. The molecule has 2 N–H and O–H groups in total. The zero-order chi connectivity index (χ0) is 12.8. The highest BCUT2D eigenvalue weighted by Crippen LogP contribution is 2.33. The molecule has 0 spiro atoms. The average molecular weight is 266 g/mol. The monoisotopic (exact) mass is 266 g/mol. The van der Waals surface area contributed by atoms with Crippen LogP contribution in [0.5, 0.6) is 0 Å². The van der Waals surface area contributed by atoms with Crippen molar-refractivity contribution in [2.24, 2.45) is 5.92 Å². The lowest BCUT2D eigenvalue weighted by Crippen LogP contribution is -2.34. The Morgan fingerprint density at radius 1 is 1.28 bits per heavy atom. The molecule has 0 saturated heterocycles. The largest absolute Gasteiger partial charge is 0.309 e. The van der Waals surface area contributed by atoms with Crippen LogP contribution in [0.15, 0.2) is 23.1 Å². The lowest BCUT2D eigenvalue weighted by atomic mass is 10.1. The van der Waals surface area contributed by atoms with Crippen LogP contribution >= 0.6 is 0 Å². The van der Waals surface area contributed by atoms with Crippen molar-refractivity contribution in [2.45, 2.75) is 43.8 Å². The molecular formula is C13H18N2O2S. The minimum absolute atomic E-state index is 0.0429. The average Bonchev–Trinajstić information content (AvgIpc) is 3.06. The van der Waals surface area contributed by atoms with Crippen LogP contribution in [0.1, 0.15) is 30.9 Å². The summed E-state index contributed by atoms with van der Waals surface area (Å²) in [5, 5.41) is 3.22. The molecule has 18 heavy (non-hydrogen) atoms. The van der Waals surface area contributed by atoms with Crippen molar-refractivity contribution in [1.29, 1.82) is 0 Å².